The third kappa shape index (κ3) is 3.68. The van der Waals surface area contributed by atoms with Crippen molar-refractivity contribution in [3.8, 4) is 5.69 Å². The van der Waals surface area contributed by atoms with Crippen molar-refractivity contribution in [2.24, 2.45) is 0 Å². The summed E-state index contributed by atoms with van der Waals surface area (Å²) in [5, 5.41) is 12.6. The zero-order chi connectivity index (χ0) is 23.1. The molecule has 5 rings (SSSR count). The predicted octanol–water partition coefficient (Wildman–Crippen LogP) is 5.68. The number of aryl methyl sites for hydroxylation is 1. The lowest BCUT2D eigenvalue weighted by molar-refractivity contribution is -0.384. The molecule has 0 aliphatic carbocycles. The lowest BCUT2D eigenvalue weighted by Crippen LogP contribution is -2.22. The van der Waals surface area contributed by atoms with Crippen LogP contribution in [0.5, 0.6) is 0 Å². The van der Waals surface area contributed by atoms with Gasteiger partial charge in [0, 0.05) is 28.8 Å². The van der Waals surface area contributed by atoms with Crippen molar-refractivity contribution in [2.45, 2.75) is 24.8 Å². The molecule has 0 aliphatic rings. The van der Waals surface area contributed by atoms with Gasteiger partial charge in [-0.05, 0) is 42.7 Å². The molecule has 0 saturated heterocycles. The highest BCUT2D eigenvalue weighted by Crippen LogP contribution is 2.30. The quantitative estimate of drug-likeness (QED) is 0.159. The molecular weight excluding hydrogens is 436 g/mol. The first-order chi connectivity index (χ1) is 15.9. The van der Waals surface area contributed by atoms with E-state index in [0.29, 0.717) is 21.9 Å². The van der Waals surface area contributed by atoms with E-state index in [4.69, 9.17) is 4.98 Å². The fourth-order valence-corrected chi connectivity index (χ4v) is 4.88. The van der Waals surface area contributed by atoms with E-state index in [9.17, 15) is 14.9 Å². The van der Waals surface area contributed by atoms with Crippen molar-refractivity contribution < 1.29 is 4.92 Å². The molecule has 0 saturated carbocycles. The smallest absolute Gasteiger partial charge is 0.283 e. The van der Waals surface area contributed by atoms with Crippen molar-refractivity contribution in [1.82, 2.24) is 14.5 Å². The topological polar surface area (TPSA) is 93.8 Å². The maximum Gasteiger partial charge on any atom is 0.283 e. The maximum absolute atomic E-state index is 13.7. The maximum atomic E-state index is 13.7. The number of H-pyrrole nitrogens is 1. The number of nitro groups is 1. The Bertz CT molecular complexity index is 1600. The Hall–Kier alpha value is -3.91. The van der Waals surface area contributed by atoms with E-state index in [1.54, 1.807) is 16.7 Å². The lowest BCUT2D eigenvalue weighted by Gasteiger charge is -2.15. The van der Waals surface area contributed by atoms with E-state index < -0.39 is 4.92 Å². The summed E-state index contributed by atoms with van der Waals surface area (Å²) < 4.78 is 1.64. The van der Waals surface area contributed by atoms with Crippen LogP contribution in [-0.4, -0.2) is 19.5 Å². The van der Waals surface area contributed by atoms with Crippen LogP contribution < -0.4 is 5.56 Å². The van der Waals surface area contributed by atoms with Crippen LogP contribution >= 0.6 is 11.8 Å². The molecule has 2 aromatic heterocycles. The van der Waals surface area contributed by atoms with E-state index in [1.807, 2.05) is 62.4 Å². The van der Waals surface area contributed by atoms with Gasteiger partial charge in [0.1, 0.15) is 11.0 Å². The number of nitrogens with zero attached hydrogens (tertiary/aromatic N) is 3. The van der Waals surface area contributed by atoms with Crippen LogP contribution in [0.15, 0.2) is 76.7 Å². The predicted molar refractivity (Wildman–Crippen MR) is 131 cm³/mol. The van der Waals surface area contributed by atoms with E-state index in [-0.39, 0.29) is 11.2 Å². The van der Waals surface area contributed by atoms with Crippen LogP contribution in [0.2, 0.25) is 0 Å². The van der Waals surface area contributed by atoms with Crippen molar-refractivity contribution in [1.29, 1.82) is 0 Å². The second-order valence-electron chi connectivity index (χ2n) is 7.86. The van der Waals surface area contributed by atoms with Gasteiger partial charge >= 0.3 is 0 Å². The molecule has 0 aliphatic heterocycles. The number of benzene rings is 3. The Balaban J connectivity index is 1.70. The van der Waals surface area contributed by atoms with Crippen molar-refractivity contribution >= 4 is 39.4 Å². The third-order valence-corrected chi connectivity index (χ3v) is 6.81. The van der Waals surface area contributed by atoms with Crippen molar-refractivity contribution in [3.05, 3.63) is 104 Å². The minimum Gasteiger partial charge on any atom is -0.349 e. The van der Waals surface area contributed by atoms with Gasteiger partial charge in [0.05, 0.1) is 10.6 Å². The summed E-state index contributed by atoms with van der Waals surface area (Å²) in [6.45, 7) is 4.00. The highest BCUT2D eigenvalue weighted by Gasteiger charge is 2.19. The first-order valence-corrected chi connectivity index (χ1v) is 11.4. The normalized spacial score (nSPS) is 11.3. The number of nitro benzene ring substituents is 1. The number of thioether (sulfide) groups is 1. The van der Waals surface area contributed by atoms with Gasteiger partial charge < -0.3 is 4.98 Å². The molecule has 1 N–H and O–H groups in total. The van der Waals surface area contributed by atoms with Crippen LogP contribution in [0.3, 0.4) is 0 Å². The van der Waals surface area contributed by atoms with Gasteiger partial charge in [-0.15, -0.1) is 0 Å². The molecule has 0 radical (unpaired) electrons. The molecule has 164 valence electrons. The molecule has 7 nitrogen and oxygen atoms in total. The number of hydrogen-bond acceptors (Lipinski definition) is 5. The Morgan fingerprint density at radius 2 is 1.85 bits per heavy atom. The van der Waals surface area contributed by atoms with E-state index in [1.165, 1.54) is 17.8 Å². The molecule has 8 heteroatoms. The Kier molecular flexibility index (Phi) is 5.22. The van der Waals surface area contributed by atoms with Crippen LogP contribution in [-0.2, 0) is 5.75 Å². The number of nitrogens with one attached hydrogen (secondary N) is 1. The number of para-hydroxylation sites is 1. The van der Waals surface area contributed by atoms with Crippen LogP contribution in [0.25, 0.3) is 27.6 Å². The lowest BCUT2D eigenvalue weighted by atomic mass is 10.1. The fourth-order valence-electron chi connectivity index (χ4n) is 3.94. The number of rotatable bonds is 5. The van der Waals surface area contributed by atoms with Crippen molar-refractivity contribution in [2.75, 3.05) is 0 Å². The molecule has 0 amide bonds. The fraction of sp³-hybridized carbons (Fsp3) is 0.120. The number of aromatic nitrogens is 3. The molecule has 0 bridgehead atoms. The molecule has 2 heterocycles. The van der Waals surface area contributed by atoms with Crippen LogP contribution in [0.4, 0.5) is 5.69 Å². The zero-order valence-electron chi connectivity index (χ0n) is 18.0. The minimum absolute atomic E-state index is 0.0417. The summed E-state index contributed by atoms with van der Waals surface area (Å²) >= 11 is 1.39. The highest BCUT2D eigenvalue weighted by atomic mass is 32.2. The second kappa shape index (κ2) is 8.22. The number of aromatic amines is 1. The Labute approximate surface area is 193 Å². The molecular formula is C25H20N4O3S. The summed E-state index contributed by atoms with van der Waals surface area (Å²) in [5.41, 5.74) is 5.43. The van der Waals surface area contributed by atoms with Gasteiger partial charge in [0.2, 0.25) is 0 Å². The average molecular weight is 457 g/mol. The highest BCUT2D eigenvalue weighted by molar-refractivity contribution is 7.98. The molecule has 0 unspecified atom stereocenters. The summed E-state index contributed by atoms with van der Waals surface area (Å²) in [6, 6.07) is 20.1. The Morgan fingerprint density at radius 3 is 2.67 bits per heavy atom. The average Bonchev–Trinajstić information content (AvgIpc) is 3.19. The minimum atomic E-state index is -0.406. The first kappa shape index (κ1) is 21.0. The second-order valence-corrected chi connectivity index (χ2v) is 8.81. The largest absolute Gasteiger partial charge is 0.349 e. The van der Waals surface area contributed by atoms with Gasteiger partial charge in [-0.3, -0.25) is 19.5 Å². The van der Waals surface area contributed by atoms with Gasteiger partial charge in [-0.2, -0.15) is 0 Å². The number of non-ortho nitro benzene ring substituents is 1. The number of fused-ring (bicyclic) bond motifs is 3. The van der Waals surface area contributed by atoms with Gasteiger partial charge in [0.25, 0.3) is 11.2 Å². The van der Waals surface area contributed by atoms with E-state index >= 15 is 0 Å². The standard InChI is InChI=1S/C25H20N4O3S/c1-15-7-5-12-21(16(15)2)28-24(30)23-22(19-10-3-4-11-20(19)26-23)27-25(28)33-14-17-8-6-9-18(13-17)29(31)32/h3-13,26H,14H2,1-2H3. The Morgan fingerprint density at radius 1 is 1.06 bits per heavy atom. The summed E-state index contributed by atoms with van der Waals surface area (Å²) in [4.78, 5) is 32.6. The SMILES string of the molecule is Cc1cccc(-n2c(SCc3cccc([N+](=O)[O-])c3)nc3c([nH]c4ccccc43)c2=O)c1C. The number of hydrogen-bond donors (Lipinski definition) is 1. The summed E-state index contributed by atoms with van der Waals surface area (Å²) in [6.07, 6.45) is 0. The monoisotopic (exact) mass is 456 g/mol. The van der Waals surface area contributed by atoms with Gasteiger partial charge in [-0.1, -0.05) is 54.2 Å². The van der Waals surface area contributed by atoms with Crippen LogP contribution in [0.1, 0.15) is 16.7 Å². The van der Waals surface area contributed by atoms with E-state index in [0.717, 1.165) is 33.3 Å². The molecule has 0 spiro atoms. The summed E-state index contributed by atoms with van der Waals surface area (Å²) in [5.74, 6) is 0.437. The molecule has 0 fully saturated rings. The zero-order valence-corrected chi connectivity index (χ0v) is 18.8. The molecule has 33 heavy (non-hydrogen) atoms. The summed E-state index contributed by atoms with van der Waals surface area (Å²) in [7, 11) is 0. The van der Waals surface area contributed by atoms with E-state index in [2.05, 4.69) is 4.98 Å². The molecule has 3 aromatic carbocycles. The molecule has 0 atom stereocenters. The van der Waals surface area contributed by atoms with Crippen molar-refractivity contribution in [3.63, 3.8) is 0 Å². The van der Waals surface area contributed by atoms with Gasteiger partial charge in [0.15, 0.2) is 5.16 Å². The third-order valence-electron chi connectivity index (χ3n) is 5.80. The first-order valence-electron chi connectivity index (χ1n) is 10.4. The molecule has 5 aromatic rings. The van der Waals surface area contributed by atoms with Crippen LogP contribution in [0, 0.1) is 24.0 Å². The van der Waals surface area contributed by atoms with Gasteiger partial charge in [-0.25, -0.2) is 4.98 Å².